The van der Waals surface area contributed by atoms with Crippen molar-refractivity contribution in [2.24, 2.45) is 0 Å². The highest BCUT2D eigenvalue weighted by Gasteiger charge is 2.21. The van der Waals surface area contributed by atoms with Crippen molar-refractivity contribution in [3.63, 3.8) is 0 Å². The van der Waals surface area contributed by atoms with E-state index in [2.05, 4.69) is 20.6 Å². The number of amides is 2. The van der Waals surface area contributed by atoms with E-state index in [1.54, 1.807) is 6.20 Å². The van der Waals surface area contributed by atoms with Gasteiger partial charge in [-0.3, -0.25) is 14.6 Å². The largest absolute Gasteiger partial charge is 0.482 e. The highest BCUT2D eigenvalue weighted by atomic mass is 16.5. The van der Waals surface area contributed by atoms with E-state index in [0.717, 1.165) is 5.69 Å². The molecule has 0 aromatic carbocycles. The average Bonchev–Trinajstić information content (AvgIpc) is 2.99. The standard InChI is InChI=1S/C16H20N4O3/c1-4-18-15(21)12-9-13(14(20-12)16(22)17-3)23-10(2)11-7-5-6-8-19-11/h5-10,20H,4H2,1-3H3,(H,17,22)(H,18,21)/t10-/m1/s1. The molecule has 0 aliphatic heterocycles. The van der Waals surface area contributed by atoms with Crippen molar-refractivity contribution in [3.8, 4) is 5.75 Å². The van der Waals surface area contributed by atoms with Crippen molar-refractivity contribution < 1.29 is 14.3 Å². The summed E-state index contributed by atoms with van der Waals surface area (Å²) in [7, 11) is 1.51. The molecule has 122 valence electrons. The van der Waals surface area contributed by atoms with E-state index < -0.39 is 0 Å². The van der Waals surface area contributed by atoms with Gasteiger partial charge < -0.3 is 20.4 Å². The summed E-state index contributed by atoms with van der Waals surface area (Å²) in [6, 6.07) is 7.03. The molecule has 23 heavy (non-hydrogen) atoms. The van der Waals surface area contributed by atoms with E-state index in [-0.39, 0.29) is 29.3 Å². The van der Waals surface area contributed by atoms with Crippen LogP contribution in [0, 0.1) is 0 Å². The van der Waals surface area contributed by atoms with Gasteiger partial charge in [-0.1, -0.05) is 6.07 Å². The van der Waals surface area contributed by atoms with Crippen LogP contribution in [0.3, 0.4) is 0 Å². The van der Waals surface area contributed by atoms with E-state index in [1.165, 1.54) is 13.1 Å². The minimum atomic E-state index is -0.363. The fourth-order valence-electron chi connectivity index (χ4n) is 2.07. The van der Waals surface area contributed by atoms with Gasteiger partial charge in [-0.15, -0.1) is 0 Å². The quantitative estimate of drug-likeness (QED) is 0.755. The normalized spacial score (nSPS) is 11.6. The van der Waals surface area contributed by atoms with Crippen molar-refractivity contribution in [2.45, 2.75) is 20.0 Å². The van der Waals surface area contributed by atoms with Crippen molar-refractivity contribution in [2.75, 3.05) is 13.6 Å². The molecule has 2 aromatic heterocycles. The fourth-order valence-corrected chi connectivity index (χ4v) is 2.07. The third kappa shape index (κ3) is 3.88. The van der Waals surface area contributed by atoms with Crippen LogP contribution in [0.5, 0.6) is 5.75 Å². The molecule has 0 fully saturated rings. The second-order valence-corrected chi connectivity index (χ2v) is 4.88. The van der Waals surface area contributed by atoms with E-state index in [0.29, 0.717) is 12.3 Å². The molecule has 0 saturated carbocycles. The van der Waals surface area contributed by atoms with Crippen LogP contribution >= 0.6 is 0 Å². The van der Waals surface area contributed by atoms with Crippen LogP contribution in [0.4, 0.5) is 0 Å². The molecule has 1 atom stereocenters. The first-order valence-electron chi connectivity index (χ1n) is 7.37. The van der Waals surface area contributed by atoms with Gasteiger partial charge in [-0.2, -0.15) is 0 Å². The average molecular weight is 316 g/mol. The van der Waals surface area contributed by atoms with E-state index in [9.17, 15) is 9.59 Å². The molecule has 0 saturated heterocycles. The van der Waals surface area contributed by atoms with Gasteiger partial charge >= 0.3 is 0 Å². The van der Waals surface area contributed by atoms with Crippen LogP contribution < -0.4 is 15.4 Å². The number of aromatic amines is 1. The highest BCUT2D eigenvalue weighted by molar-refractivity contribution is 5.99. The van der Waals surface area contributed by atoms with Gasteiger partial charge in [0.15, 0.2) is 5.75 Å². The van der Waals surface area contributed by atoms with Gasteiger partial charge in [-0.25, -0.2) is 0 Å². The summed E-state index contributed by atoms with van der Waals surface area (Å²) in [4.78, 5) is 30.9. The fraction of sp³-hybridized carbons (Fsp3) is 0.312. The molecule has 7 heteroatoms. The lowest BCUT2D eigenvalue weighted by Gasteiger charge is -2.13. The molecule has 2 aromatic rings. The lowest BCUT2D eigenvalue weighted by atomic mass is 10.2. The lowest BCUT2D eigenvalue weighted by molar-refractivity contribution is 0.0951. The third-order valence-corrected chi connectivity index (χ3v) is 3.23. The number of aromatic nitrogens is 2. The first kappa shape index (κ1) is 16.5. The molecule has 0 unspecified atom stereocenters. The summed E-state index contributed by atoms with van der Waals surface area (Å²) in [5.41, 5.74) is 1.21. The Bertz CT molecular complexity index is 682. The maximum Gasteiger partial charge on any atom is 0.271 e. The number of H-pyrrole nitrogens is 1. The molecule has 7 nitrogen and oxygen atoms in total. The first-order valence-corrected chi connectivity index (χ1v) is 7.37. The summed E-state index contributed by atoms with van der Waals surface area (Å²) >= 11 is 0. The summed E-state index contributed by atoms with van der Waals surface area (Å²) in [6.45, 7) is 4.14. The Hall–Kier alpha value is -2.83. The summed E-state index contributed by atoms with van der Waals surface area (Å²) < 4.78 is 5.83. The number of pyridine rings is 1. The van der Waals surface area contributed by atoms with E-state index in [4.69, 9.17) is 4.74 Å². The third-order valence-electron chi connectivity index (χ3n) is 3.23. The SMILES string of the molecule is CCNC(=O)c1cc(O[C@H](C)c2ccccn2)c(C(=O)NC)[nH]1. The van der Waals surface area contributed by atoms with Crippen LogP contribution in [0.2, 0.25) is 0 Å². The zero-order valence-electron chi connectivity index (χ0n) is 13.3. The number of nitrogens with one attached hydrogen (secondary N) is 3. The molecule has 2 heterocycles. The Labute approximate surface area is 134 Å². The van der Waals surface area contributed by atoms with Crippen LogP contribution in [0.1, 0.15) is 46.6 Å². The summed E-state index contributed by atoms with van der Waals surface area (Å²) in [5, 5.41) is 5.20. The molecule has 0 aliphatic carbocycles. The van der Waals surface area contributed by atoms with Gasteiger partial charge in [0.25, 0.3) is 11.8 Å². The minimum absolute atomic E-state index is 0.205. The van der Waals surface area contributed by atoms with E-state index in [1.807, 2.05) is 32.0 Å². The van der Waals surface area contributed by atoms with Gasteiger partial charge in [0.1, 0.15) is 17.5 Å². The maximum atomic E-state index is 12.0. The number of hydrogen-bond donors (Lipinski definition) is 3. The number of nitrogens with zero attached hydrogens (tertiary/aromatic N) is 1. The first-order chi connectivity index (χ1) is 11.1. The van der Waals surface area contributed by atoms with Crippen molar-refractivity contribution in [1.29, 1.82) is 0 Å². The predicted octanol–water partition coefficient (Wildman–Crippen LogP) is 1.66. The Morgan fingerprint density at radius 2 is 2.13 bits per heavy atom. The van der Waals surface area contributed by atoms with Gasteiger partial charge in [0, 0.05) is 25.9 Å². The van der Waals surface area contributed by atoms with Crippen LogP contribution in [0.25, 0.3) is 0 Å². The smallest absolute Gasteiger partial charge is 0.271 e. The van der Waals surface area contributed by atoms with Gasteiger partial charge in [0.05, 0.1) is 5.69 Å². The number of carbonyl (C=O) groups is 2. The molecule has 2 amide bonds. The summed E-state index contributed by atoms with van der Waals surface area (Å²) in [6.07, 6.45) is 1.31. The zero-order chi connectivity index (χ0) is 16.8. The second-order valence-electron chi connectivity index (χ2n) is 4.88. The Kier molecular flexibility index (Phi) is 5.35. The number of ether oxygens (including phenoxy) is 1. The van der Waals surface area contributed by atoms with Gasteiger partial charge in [0.2, 0.25) is 0 Å². The van der Waals surface area contributed by atoms with Crippen molar-refractivity contribution >= 4 is 11.8 Å². The Balaban J connectivity index is 2.28. The van der Waals surface area contributed by atoms with Crippen molar-refractivity contribution in [3.05, 3.63) is 47.5 Å². The zero-order valence-corrected chi connectivity index (χ0v) is 13.3. The molecular weight excluding hydrogens is 296 g/mol. The summed E-state index contributed by atoms with van der Waals surface area (Å²) in [5.74, 6) is -0.342. The monoisotopic (exact) mass is 316 g/mol. The van der Waals surface area contributed by atoms with Gasteiger partial charge in [-0.05, 0) is 26.0 Å². The predicted molar refractivity (Wildman–Crippen MR) is 85.5 cm³/mol. The molecule has 0 bridgehead atoms. The lowest BCUT2D eigenvalue weighted by Crippen LogP contribution is -2.23. The second kappa shape index (κ2) is 7.44. The molecule has 2 rings (SSSR count). The molecule has 0 radical (unpaired) electrons. The molecule has 3 N–H and O–H groups in total. The Morgan fingerprint density at radius 1 is 1.35 bits per heavy atom. The molecular formula is C16H20N4O3. The van der Waals surface area contributed by atoms with E-state index >= 15 is 0 Å². The maximum absolute atomic E-state index is 12.0. The topological polar surface area (TPSA) is 96.1 Å². The highest BCUT2D eigenvalue weighted by Crippen LogP contribution is 2.25. The van der Waals surface area contributed by atoms with Crippen LogP contribution in [-0.2, 0) is 0 Å². The minimum Gasteiger partial charge on any atom is -0.482 e. The molecule has 0 spiro atoms. The van der Waals surface area contributed by atoms with Crippen LogP contribution in [0.15, 0.2) is 30.5 Å². The Morgan fingerprint density at radius 3 is 2.74 bits per heavy atom. The number of carbonyl (C=O) groups excluding carboxylic acids is 2. The number of rotatable bonds is 6. The van der Waals surface area contributed by atoms with Crippen LogP contribution in [-0.4, -0.2) is 35.4 Å². The molecule has 0 aliphatic rings. The van der Waals surface area contributed by atoms with Crippen molar-refractivity contribution in [1.82, 2.24) is 20.6 Å². The number of hydrogen-bond acceptors (Lipinski definition) is 4.